The molecule has 0 radical (unpaired) electrons. The maximum Gasteiger partial charge on any atom is 0.231 e. The number of rotatable bonds is 4. The van der Waals surface area contributed by atoms with Crippen LogP contribution in [0.2, 0.25) is 0 Å². The zero-order valence-electron chi connectivity index (χ0n) is 31.6. The van der Waals surface area contributed by atoms with E-state index in [1.54, 1.807) is 0 Å². The number of benzene rings is 9. The van der Waals surface area contributed by atoms with Gasteiger partial charge in [-0.1, -0.05) is 140 Å². The van der Waals surface area contributed by atoms with Crippen molar-refractivity contribution in [2.24, 2.45) is 0 Å². The molecule has 4 heterocycles. The molecule has 0 saturated carbocycles. The lowest BCUT2D eigenvalue weighted by atomic mass is 10.00. The summed E-state index contributed by atoms with van der Waals surface area (Å²) in [6.07, 6.45) is 0. The average Bonchev–Trinajstić information content (AvgIpc) is 3.98. The van der Waals surface area contributed by atoms with E-state index in [-0.39, 0.29) is 0 Å². The summed E-state index contributed by atoms with van der Waals surface area (Å²) in [7, 11) is 0. The molecule has 5 heteroatoms. The van der Waals surface area contributed by atoms with E-state index in [4.69, 9.17) is 18.8 Å². The molecular formula is C54H31N3O2. The lowest BCUT2D eigenvalue weighted by molar-refractivity contribution is 0.653. The lowest BCUT2D eigenvalue weighted by Gasteiger charge is -2.13. The highest BCUT2D eigenvalue weighted by molar-refractivity contribution is 6.24. The fourth-order valence-electron chi connectivity index (χ4n) is 9.31. The minimum atomic E-state index is 0.530. The van der Waals surface area contributed by atoms with Crippen molar-refractivity contribution in [2.45, 2.75) is 0 Å². The fraction of sp³-hybridized carbons (Fsp3) is 0. The van der Waals surface area contributed by atoms with Crippen molar-refractivity contribution in [3.05, 3.63) is 188 Å². The Morgan fingerprint density at radius 2 is 1.08 bits per heavy atom. The van der Waals surface area contributed by atoms with Gasteiger partial charge in [-0.25, -0.2) is 4.98 Å². The predicted molar refractivity (Wildman–Crippen MR) is 242 cm³/mol. The van der Waals surface area contributed by atoms with Crippen LogP contribution in [0.25, 0.3) is 127 Å². The number of furan rings is 2. The molecular weight excluding hydrogens is 723 g/mol. The van der Waals surface area contributed by atoms with Gasteiger partial charge in [-0.15, -0.1) is 0 Å². The molecule has 0 saturated heterocycles. The zero-order valence-corrected chi connectivity index (χ0v) is 31.6. The molecule has 0 spiro atoms. The van der Waals surface area contributed by atoms with E-state index in [0.717, 1.165) is 93.7 Å². The third kappa shape index (κ3) is 4.73. The third-order valence-electron chi connectivity index (χ3n) is 12.0. The van der Waals surface area contributed by atoms with Crippen LogP contribution < -0.4 is 0 Å². The normalized spacial score (nSPS) is 12.1. The van der Waals surface area contributed by atoms with Crippen molar-refractivity contribution >= 4 is 87.4 Å². The largest absolute Gasteiger partial charge is 0.455 e. The van der Waals surface area contributed by atoms with Crippen molar-refractivity contribution in [1.82, 2.24) is 14.5 Å². The first-order valence-electron chi connectivity index (χ1n) is 19.9. The van der Waals surface area contributed by atoms with Gasteiger partial charge >= 0.3 is 0 Å². The molecule has 0 amide bonds. The van der Waals surface area contributed by atoms with Gasteiger partial charge in [-0.05, 0) is 81.2 Å². The minimum absolute atomic E-state index is 0.530. The number of para-hydroxylation sites is 1. The van der Waals surface area contributed by atoms with Crippen molar-refractivity contribution in [3.8, 4) is 39.5 Å². The summed E-state index contributed by atoms with van der Waals surface area (Å²) in [6.45, 7) is 0. The first kappa shape index (κ1) is 32.1. The van der Waals surface area contributed by atoms with Crippen LogP contribution >= 0.6 is 0 Å². The molecule has 5 nitrogen and oxygen atoms in total. The van der Waals surface area contributed by atoms with E-state index in [2.05, 4.69) is 162 Å². The van der Waals surface area contributed by atoms with Crippen molar-refractivity contribution in [2.75, 3.05) is 0 Å². The molecule has 13 aromatic rings. The van der Waals surface area contributed by atoms with Gasteiger partial charge < -0.3 is 13.4 Å². The Morgan fingerprint density at radius 3 is 1.92 bits per heavy atom. The molecule has 4 aromatic heterocycles. The van der Waals surface area contributed by atoms with Crippen LogP contribution in [0.1, 0.15) is 0 Å². The van der Waals surface area contributed by atoms with E-state index in [9.17, 15) is 0 Å². The minimum Gasteiger partial charge on any atom is -0.455 e. The van der Waals surface area contributed by atoms with Gasteiger partial charge in [0.1, 0.15) is 16.7 Å². The standard InChI is InChI=1S/C54H31N3O2/c1-3-13-32(14-4-1)37-24-27-46-42(30-37)49-51(34-16-5-2-6-17-34)55-53(56-54(49)59-46)40-25-26-44(50-48-38-20-10-9-15-33(38)23-28-47(48)58-52(40)50)57-43-22-12-11-21-39(43)41-29-35-18-7-8-19-36(35)31-45(41)57/h1-31H. The molecule has 0 bridgehead atoms. The highest BCUT2D eigenvalue weighted by Gasteiger charge is 2.25. The van der Waals surface area contributed by atoms with Gasteiger partial charge in [-0.2, -0.15) is 4.98 Å². The second-order valence-corrected chi connectivity index (χ2v) is 15.3. The van der Waals surface area contributed by atoms with Crippen LogP contribution in [0.5, 0.6) is 0 Å². The molecule has 0 N–H and O–H groups in total. The summed E-state index contributed by atoms with van der Waals surface area (Å²) < 4.78 is 16.1. The van der Waals surface area contributed by atoms with Crippen LogP contribution in [0.4, 0.5) is 0 Å². The van der Waals surface area contributed by atoms with Gasteiger partial charge in [0.25, 0.3) is 0 Å². The first-order chi connectivity index (χ1) is 29.2. The zero-order chi connectivity index (χ0) is 38.6. The molecule has 0 fully saturated rings. The Labute approximate surface area is 337 Å². The molecule has 0 aliphatic carbocycles. The molecule has 13 rings (SSSR count). The third-order valence-corrected chi connectivity index (χ3v) is 12.0. The fourth-order valence-corrected chi connectivity index (χ4v) is 9.31. The Kier molecular flexibility index (Phi) is 6.66. The van der Waals surface area contributed by atoms with Crippen molar-refractivity contribution in [1.29, 1.82) is 0 Å². The summed E-state index contributed by atoms with van der Waals surface area (Å²) in [4.78, 5) is 10.7. The topological polar surface area (TPSA) is 57.0 Å². The van der Waals surface area contributed by atoms with Gasteiger partial charge in [0, 0.05) is 27.1 Å². The first-order valence-corrected chi connectivity index (χ1v) is 19.9. The van der Waals surface area contributed by atoms with Gasteiger partial charge in [0.05, 0.1) is 38.8 Å². The Balaban J connectivity index is 1.14. The summed E-state index contributed by atoms with van der Waals surface area (Å²) in [5.74, 6) is 0.534. The smallest absolute Gasteiger partial charge is 0.231 e. The summed E-state index contributed by atoms with van der Waals surface area (Å²) in [6, 6.07) is 66.1. The maximum absolute atomic E-state index is 7.04. The van der Waals surface area contributed by atoms with Crippen LogP contribution in [-0.2, 0) is 0 Å². The number of aromatic nitrogens is 3. The second kappa shape index (κ2) is 12.2. The predicted octanol–water partition coefficient (Wildman–Crippen LogP) is 14.7. The molecule has 0 atom stereocenters. The average molecular weight is 754 g/mol. The van der Waals surface area contributed by atoms with Crippen LogP contribution in [0.15, 0.2) is 197 Å². The van der Waals surface area contributed by atoms with Crippen LogP contribution in [0, 0.1) is 0 Å². The number of fused-ring (bicyclic) bond motifs is 12. The molecule has 0 aliphatic heterocycles. The summed E-state index contributed by atoms with van der Waals surface area (Å²) in [5.41, 5.74) is 10.9. The van der Waals surface area contributed by atoms with Gasteiger partial charge in [-0.3, -0.25) is 0 Å². The molecule has 0 unspecified atom stereocenters. The molecule has 0 aliphatic rings. The van der Waals surface area contributed by atoms with E-state index in [1.165, 1.54) is 21.5 Å². The number of nitrogens with zero attached hydrogens (tertiary/aromatic N) is 3. The molecule has 9 aromatic carbocycles. The Morgan fingerprint density at radius 1 is 0.390 bits per heavy atom. The monoisotopic (exact) mass is 753 g/mol. The van der Waals surface area contributed by atoms with E-state index >= 15 is 0 Å². The molecule has 59 heavy (non-hydrogen) atoms. The van der Waals surface area contributed by atoms with E-state index in [1.807, 2.05) is 30.3 Å². The Bertz CT molecular complexity index is 3840. The van der Waals surface area contributed by atoms with Gasteiger partial charge in [0.2, 0.25) is 5.71 Å². The highest BCUT2D eigenvalue weighted by atomic mass is 16.3. The lowest BCUT2D eigenvalue weighted by Crippen LogP contribution is -1.98. The summed E-state index contributed by atoms with van der Waals surface area (Å²) in [5, 5.41) is 11.0. The van der Waals surface area contributed by atoms with E-state index in [0.29, 0.717) is 11.5 Å². The van der Waals surface area contributed by atoms with Gasteiger partial charge in [0.15, 0.2) is 5.82 Å². The SMILES string of the molecule is c1ccc(-c2ccc3oc4nc(-c5ccc(-n6c7ccccc7c7cc8ccccc8cc76)c6c5oc5ccc7ccccc7c56)nc(-c5ccccc5)c4c3c2)cc1. The number of hydrogen-bond acceptors (Lipinski definition) is 4. The molecule has 274 valence electrons. The second-order valence-electron chi connectivity index (χ2n) is 15.3. The quantitative estimate of drug-likeness (QED) is 0.180. The van der Waals surface area contributed by atoms with Crippen LogP contribution in [0.3, 0.4) is 0 Å². The summed E-state index contributed by atoms with van der Waals surface area (Å²) >= 11 is 0. The Hall–Kier alpha value is -8.02. The number of hydrogen-bond donors (Lipinski definition) is 0. The van der Waals surface area contributed by atoms with Crippen molar-refractivity contribution in [3.63, 3.8) is 0 Å². The van der Waals surface area contributed by atoms with E-state index < -0.39 is 0 Å². The highest BCUT2D eigenvalue weighted by Crippen LogP contribution is 2.46. The van der Waals surface area contributed by atoms with Crippen molar-refractivity contribution < 1.29 is 8.83 Å². The van der Waals surface area contributed by atoms with Crippen LogP contribution in [-0.4, -0.2) is 14.5 Å². The maximum atomic E-state index is 7.04.